The maximum Gasteiger partial charge on any atom is 0.351 e. The molecule has 3 aliphatic rings. The van der Waals surface area contributed by atoms with Gasteiger partial charge in [0, 0.05) is 24.0 Å². The zero-order valence-corrected chi connectivity index (χ0v) is 15.8. The van der Waals surface area contributed by atoms with E-state index in [1.165, 1.54) is 18.2 Å². The van der Waals surface area contributed by atoms with Gasteiger partial charge in [-0.05, 0) is 42.5 Å². The van der Waals surface area contributed by atoms with Crippen molar-refractivity contribution in [2.45, 2.75) is 31.6 Å². The molecule has 0 radical (unpaired) electrons. The molecule has 9 heteroatoms. The van der Waals surface area contributed by atoms with Gasteiger partial charge in [-0.3, -0.25) is 9.69 Å². The van der Waals surface area contributed by atoms with Gasteiger partial charge in [0.25, 0.3) is 5.91 Å². The topological polar surface area (TPSA) is 82.1 Å². The second kappa shape index (κ2) is 7.67. The maximum absolute atomic E-state index is 13.6. The van der Waals surface area contributed by atoms with Gasteiger partial charge in [-0.25, -0.2) is 14.0 Å². The zero-order chi connectivity index (χ0) is 19.7. The van der Waals surface area contributed by atoms with Gasteiger partial charge in [0.1, 0.15) is 6.17 Å². The number of hydrogen-bond donors (Lipinski definition) is 1. The number of carbonyl (C=O) groups is 3. The molecule has 1 saturated heterocycles. The van der Waals surface area contributed by atoms with Gasteiger partial charge in [-0.15, -0.1) is 11.3 Å². The van der Waals surface area contributed by atoms with E-state index in [1.807, 2.05) is 17.5 Å². The van der Waals surface area contributed by atoms with E-state index >= 15 is 0 Å². The SMILES string of the molecule is O=C(NCc1cccs1)N1CCC(N2C(=O)N=C3C=CC(F)C=C3C2=O)CC1. The molecule has 0 saturated carbocycles. The number of urea groups is 2. The first-order valence-electron chi connectivity index (χ1n) is 9.09. The van der Waals surface area contributed by atoms with E-state index in [-0.39, 0.29) is 23.4 Å². The smallest absolute Gasteiger partial charge is 0.333 e. The molecule has 5 amide bonds. The molecule has 2 aliphatic heterocycles. The van der Waals surface area contributed by atoms with Crippen LogP contribution in [0, 0.1) is 0 Å². The third-order valence-electron chi connectivity index (χ3n) is 5.02. The van der Waals surface area contributed by atoms with Crippen molar-refractivity contribution in [3.05, 3.63) is 46.2 Å². The van der Waals surface area contributed by atoms with Crippen molar-refractivity contribution in [3.63, 3.8) is 0 Å². The van der Waals surface area contributed by atoms with Crippen molar-refractivity contribution in [1.29, 1.82) is 0 Å². The highest BCUT2D eigenvalue weighted by Gasteiger charge is 2.39. The van der Waals surface area contributed by atoms with Gasteiger partial charge in [0.05, 0.1) is 17.8 Å². The van der Waals surface area contributed by atoms with Gasteiger partial charge in [0.2, 0.25) is 0 Å². The maximum atomic E-state index is 13.6. The Bertz CT molecular complexity index is 885. The van der Waals surface area contributed by atoms with Gasteiger partial charge < -0.3 is 10.2 Å². The van der Waals surface area contributed by atoms with E-state index in [4.69, 9.17) is 0 Å². The highest BCUT2D eigenvalue weighted by atomic mass is 32.1. The van der Waals surface area contributed by atoms with Crippen LogP contribution in [-0.4, -0.2) is 58.8 Å². The van der Waals surface area contributed by atoms with Crippen LogP contribution in [0.4, 0.5) is 14.0 Å². The first kappa shape index (κ1) is 18.5. The summed E-state index contributed by atoms with van der Waals surface area (Å²) in [5, 5.41) is 4.83. The molecule has 28 heavy (non-hydrogen) atoms. The highest BCUT2D eigenvalue weighted by molar-refractivity contribution is 7.09. The summed E-state index contributed by atoms with van der Waals surface area (Å²) in [5.74, 6) is -0.511. The van der Waals surface area contributed by atoms with Crippen molar-refractivity contribution in [1.82, 2.24) is 15.1 Å². The molecule has 146 valence electrons. The number of amides is 5. The molecular weight excluding hydrogens is 383 g/mol. The minimum absolute atomic E-state index is 0.130. The van der Waals surface area contributed by atoms with Crippen molar-refractivity contribution in [2.75, 3.05) is 13.1 Å². The monoisotopic (exact) mass is 402 g/mol. The molecule has 1 aliphatic carbocycles. The van der Waals surface area contributed by atoms with Crippen LogP contribution >= 0.6 is 11.3 Å². The Hall–Kier alpha value is -2.81. The summed E-state index contributed by atoms with van der Waals surface area (Å²) in [7, 11) is 0. The highest BCUT2D eigenvalue weighted by Crippen LogP contribution is 2.26. The Labute approximate surface area is 165 Å². The molecule has 1 aromatic rings. The van der Waals surface area contributed by atoms with E-state index in [9.17, 15) is 18.8 Å². The number of rotatable bonds is 3. The van der Waals surface area contributed by atoms with Gasteiger partial charge in [-0.1, -0.05) is 6.07 Å². The molecule has 1 fully saturated rings. The summed E-state index contributed by atoms with van der Waals surface area (Å²) in [6.45, 7) is 1.33. The Morgan fingerprint density at radius 3 is 2.82 bits per heavy atom. The second-order valence-corrected chi connectivity index (χ2v) is 7.83. The van der Waals surface area contributed by atoms with E-state index < -0.39 is 18.1 Å². The van der Waals surface area contributed by atoms with Crippen LogP contribution in [0.3, 0.4) is 0 Å². The van der Waals surface area contributed by atoms with Crippen LogP contribution in [0.1, 0.15) is 17.7 Å². The van der Waals surface area contributed by atoms with Gasteiger partial charge >= 0.3 is 12.1 Å². The van der Waals surface area contributed by atoms with Gasteiger partial charge in [0.15, 0.2) is 0 Å². The summed E-state index contributed by atoms with van der Waals surface area (Å²) in [6.07, 6.45) is 3.39. The summed E-state index contributed by atoms with van der Waals surface area (Å²) < 4.78 is 13.6. The Morgan fingerprint density at radius 1 is 1.32 bits per heavy atom. The lowest BCUT2D eigenvalue weighted by atomic mass is 9.96. The number of aliphatic imine (C=N–C) groups is 1. The second-order valence-electron chi connectivity index (χ2n) is 6.79. The average Bonchev–Trinajstić information content (AvgIpc) is 3.21. The summed E-state index contributed by atoms with van der Waals surface area (Å²) in [4.78, 5) is 45.2. The Kier molecular flexibility index (Phi) is 5.08. The zero-order valence-electron chi connectivity index (χ0n) is 15.0. The number of fused-ring (bicyclic) bond motifs is 1. The summed E-state index contributed by atoms with van der Waals surface area (Å²) in [5.41, 5.74) is 0.344. The van der Waals surface area contributed by atoms with E-state index in [0.717, 1.165) is 9.78 Å². The van der Waals surface area contributed by atoms with E-state index in [1.54, 1.807) is 16.2 Å². The number of hydrogen-bond acceptors (Lipinski definition) is 4. The van der Waals surface area contributed by atoms with E-state index in [0.29, 0.717) is 32.5 Å². The standard InChI is InChI=1S/C19H19FN4O3S/c20-12-3-4-16-15(10-12)17(25)24(19(27)22-16)13-5-7-23(8-6-13)18(26)21-11-14-2-1-9-28-14/h1-4,9-10,12-13H,5-8,11H2,(H,21,26). The van der Waals surface area contributed by atoms with Crippen molar-refractivity contribution in [2.24, 2.45) is 4.99 Å². The minimum atomic E-state index is -1.36. The Balaban J connectivity index is 1.37. The van der Waals surface area contributed by atoms with Gasteiger partial charge in [-0.2, -0.15) is 4.99 Å². The fraction of sp³-hybridized carbons (Fsp3) is 0.368. The lowest BCUT2D eigenvalue weighted by molar-refractivity contribution is -0.126. The van der Waals surface area contributed by atoms with Crippen LogP contribution in [0.25, 0.3) is 0 Å². The molecule has 1 N–H and O–H groups in total. The number of likely N-dealkylation sites (tertiary alicyclic amines) is 1. The minimum Gasteiger partial charge on any atom is -0.333 e. The molecule has 0 spiro atoms. The fourth-order valence-corrected chi connectivity index (χ4v) is 4.21. The molecule has 7 nitrogen and oxygen atoms in total. The summed E-state index contributed by atoms with van der Waals surface area (Å²) in [6, 6.07) is 2.75. The molecule has 0 aromatic carbocycles. The third-order valence-corrected chi connectivity index (χ3v) is 5.90. The number of carbonyl (C=O) groups excluding carboxylic acids is 3. The first-order valence-corrected chi connectivity index (χ1v) is 9.97. The predicted octanol–water partition coefficient (Wildman–Crippen LogP) is 2.66. The molecule has 3 heterocycles. The quantitative estimate of drug-likeness (QED) is 0.844. The Morgan fingerprint density at radius 2 is 2.11 bits per heavy atom. The van der Waals surface area contributed by atoms with Crippen LogP contribution in [0.15, 0.2) is 46.3 Å². The third kappa shape index (κ3) is 3.62. The molecule has 1 atom stereocenters. The first-order chi connectivity index (χ1) is 13.5. The number of piperidine rings is 1. The fourth-order valence-electron chi connectivity index (χ4n) is 3.56. The van der Waals surface area contributed by atoms with Crippen molar-refractivity contribution < 1.29 is 18.8 Å². The number of nitrogens with one attached hydrogen (secondary N) is 1. The normalized spacial score (nSPS) is 22.7. The number of nitrogens with zero attached hydrogens (tertiary/aromatic N) is 3. The molecule has 0 bridgehead atoms. The average molecular weight is 402 g/mol. The van der Waals surface area contributed by atoms with Crippen molar-refractivity contribution in [3.8, 4) is 0 Å². The lowest BCUT2D eigenvalue weighted by Gasteiger charge is -2.38. The molecular formula is C19H19FN4O3S. The number of allylic oxidation sites excluding steroid dienone is 3. The van der Waals surface area contributed by atoms with Crippen LogP contribution < -0.4 is 5.32 Å². The van der Waals surface area contributed by atoms with E-state index in [2.05, 4.69) is 10.3 Å². The number of alkyl halides is 1. The lowest BCUT2D eigenvalue weighted by Crippen LogP contribution is -2.54. The predicted molar refractivity (Wildman–Crippen MR) is 103 cm³/mol. The van der Waals surface area contributed by atoms with Crippen LogP contribution in [-0.2, 0) is 11.3 Å². The molecule has 4 rings (SSSR count). The number of halogens is 1. The largest absolute Gasteiger partial charge is 0.351 e. The van der Waals surface area contributed by atoms with Crippen molar-refractivity contribution >= 4 is 35.0 Å². The van der Waals surface area contributed by atoms with Crippen LogP contribution in [0.2, 0.25) is 0 Å². The summed E-state index contributed by atoms with van der Waals surface area (Å²) >= 11 is 1.58. The number of thiophene rings is 1. The molecule has 1 aromatic heterocycles. The number of imide groups is 1. The molecule has 1 unspecified atom stereocenters. The van der Waals surface area contributed by atoms with Crippen LogP contribution in [0.5, 0.6) is 0 Å².